The summed E-state index contributed by atoms with van der Waals surface area (Å²) in [7, 11) is -3.92. The van der Waals surface area contributed by atoms with E-state index >= 15 is 0 Å². The van der Waals surface area contributed by atoms with Gasteiger partial charge in [0.1, 0.15) is 12.2 Å². The standard InChI is InChI=1S/C28H37BrN4O3.C2H6O4S/c1-5-36-30-26(22-6-8-24(29)9-7-22)23-11-15-32(16-12-23)28(4)13-18-31(19-14-28)27(34)25-20(2)10-17-33(35)21(25)3;3-1-2-7(4,5)6/h6-10,17,23H,5,11-16,18-19H2,1-4H3;3H,1-2H2,(H,4,5,6)/b30-26-;. The van der Waals surface area contributed by atoms with Gasteiger partial charge in [-0.3, -0.25) is 14.2 Å². The Kier molecular flexibility index (Phi) is 12.5. The molecule has 0 bridgehead atoms. The molecular weight excluding hydrogens is 640 g/mol. The lowest BCUT2D eigenvalue weighted by Crippen LogP contribution is -2.57. The minimum atomic E-state index is -3.92. The van der Waals surface area contributed by atoms with Crippen LogP contribution in [0, 0.1) is 25.0 Å². The monoisotopic (exact) mass is 682 g/mol. The number of pyridine rings is 1. The van der Waals surface area contributed by atoms with Gasteiger partial charge in [-0.2, -0.15) is 13.1 Å². The molecule has 13 heteroatoms. The van der Waals surface area contributed by atoms with Gasteiger partial charge in [0.2, 0.25) is 5.69 Å². The molecule has 2 aliphatic heterocycles. The number of halogens is 1. The SMILES string of the molecule is CCO/N=C(/c1ccc(Br)cc1)C1CCN(C2(C)CCN(C(=O)c3c(C)cc[n+]([O-])c3C)CC2)CC1.O=S(=O)(O)CCO. The molecule has 3 heterocycles. The van der Waals surface area contributed by atoms with E-state index in [1.807, 2.05) is 18.7 Å². The Morgan fingerprint density at radius 2 is 1.74 bits per heavy atom. The predicted molar refractivity (Wildman–Crippen MR) is 169 cm³/mol. The number of hydrogen-bond donors (Lipinski definition) is 2. The second-order valence-corrected chi connectivity index (χ2v) is 13.7. The zero-order chi connectivity index (χ0) is 31.8. The van der Waals surface area contributed by atoms with E-state index in [1.165, 1.54) is 6.20 Å². The number of hydrogen-bond acceptors (Lipinski definition) is 8. The van der Waals surface area contributed by atoms with E-state index in [4.69, 9.17) is 14.5 Å². The van der Waals surface area contributed by atoms with E-state index < -0.39 is 22.5 Å². The first-order valence-corrected chi connectivity index (χ1v) is 17.0. The molecule has 2 aliphatic rings. The maximum Gasteiger partial charge on any atom is 0.267 e. The molecule has 0 spiro atoms. The van der Waals surface area contributed by atoms with E-state index in [9.17, 15) is 18.4 Å². The van der Waals surface area contributed by atoms with Gasteiger partial charge in [0.15, 0.2) is 6.20 Å². The van der Waals surface area contributed by atoms with Crippen molar-refractivity contribution < 1.29 is 32.4 Å². The van der Waals surface area contributed by atoms with Crippen molar-refractivity contribution in [3.63, 3.8) is 0 Å². The van der Waals surface area contributed by atoms with Crippen LogP contribution < -0.4 is 4.73 Å². The molecule has 0 radical (unpaired) electrons. The minimum Gasteiger partial charge on any atom is -0.618 e. The Balaban J connectivity index is 0.000000646. The van der Waals surface area contributed by atoms with Crippen molar-refractivity contribution in [3.8, 4) is 0 Å². The highest BCUT2D eigenvalue weighted by Gasteiger charge is 2.40. The lowest BCUT2D eigenvalue weighted by atomic mass is 9.82. The quantitative estimate of drug-likeness (QED) is 0.141. The summed E-state index contributed by atoms with van der Waals surface area (Å²) >= 11 is 3.52. The average Bonchev–Trinajstić information content (AvgIpc) is 2.96. The number of aromatic nitrogens is 1. The second kappa shape index (κ2) is 15.4. The highest BCUT2D eigenvalue weighted by molar-refractivity contribution is 9.10. The van der Waals surface area contributed by atoms with E-state index in [1.54, 1.807) is 13.0 Å². The topological polar surface area (TPSA) is 147 Å². The second-order valence-electron chi connectivity index (χ2n) is 11.2. The average molecular weight is 684 g/mol. The summed E-state index contributed by atoms with van der Waals surface area (Å²) in [6.07, 6.45) is 5.40. The smallest absolute Gasteiger partial charge is 0.267 e. The first kappa shape index (κ1) is 34.9. The van der Waals surface area contributed by atoms with Crippen molar-refractivity contribution in [3.05, 3.63) is 68.6 Å². The van der Waals surface area contributed by atoms with Gasteiger partial charge in [-0.1, -0.05) is 33.2 Å². The largest absolute Gasteiger partial charge is 0.618 e. The summed E-state index contributed by atoms with van der Waals surface area (Å²) in [5, 5.41) is 24.4. The van der Waals surface area contributed by atoms with Gasteiger partial charge in [-0.05, 0) is 82.8 Å². The number of piperidine rings is 2. The van der Waals surface area contributed by atoms with Gasteiger partial charge in [-0.25, -0.2) is 0 Å². The third-order valence-corrected chi connectivity index (χ3v) is 9.54. The number of aliphatic hydroxyl groups is 1. The normalized spacial score (nSPS) is 18.1. The third kappa shape index (κ3) is 9.45. The summed E-state index contributed by atoms with van der Waals surface area (Å²) in [6.45, 7) is 11.4. The maximum atomic E-state index is 13.3. The molecule has 238 valence electrons. The van der Waals surface area contributed by atoms with E-state index in [0.717, 1.165) is 64.8 Å². The van der Waals surface area contributed by atoms with Crippen LogP contribution in [0.1, 0.15) is 66.7 Å². The van der Waals surface area contributed by atoms with Crippen LogP contribution >= 0.6 is 15.9 Å². The Morgan fingerprint density at radius 1 is 1.14 bits per heavy atom. The van der Waals surface area contributed by atoms with Gasteiger partial charge >= 0.3 is 0 Å². The molecule has 1 aromatic heterocycles. The first-order chi connectivity index (χ1) is 20.3. The number of carbonyl (C=O) groups is 1. The minimum absolute atomic E-state index is 0.0257. The number of aliphatic hydroxyl groups excluding tert-OH is 1. The Morgan fingerprint density at radius 3 is 2.26 bits per heavy atom. The van der Waals surface area contributed by atoms with Gasteiger partial charge in [-0.15, -0.1) is 0 Å². The number of oxime groups is 1. The van der Waals surface area contributed by atoms with Crippen molar-refractivity contribution in [2.45, 2.75) is 58.9 Å². The van der Waals surface area contributed by atoms with Crippen molar-refractivity contribution in [2.24, 2.45) is 11.1 Å². The molecule has 4 rings (SSSR count). The van der Waals surface area contributed by atoms with Crippen molar-refractivity contribution in [2.75, 3.05) is 45.1 Å². The summed E-state index contributed by atoms with van der Waals surface area (Å²) in [6, 6.07) is 10.0. The molecule has 2 saturated heterocycles. The molecule has 43 heavy (non-hydrogen) atoms. The van der Waals surface area contributed by atoms with Crippen LogP contribution in [0.5, 0.6) is 0 Å². The van der Waals surface area contributed by atoms with Gasteiger partial charge in [0.05, 0.1) is 18.1 Å². The fourth-order valence-corrected chi connectivity index (χ4v) is 6.18. The Labute approximate surface area is 263 Å². The van der Waals surface area contributed by atoms with Crippen LogP contribution in [0.4, 0.5) is 0 Å². The number of aryl methyl sites for hydroxylation is 1. The van der Waals surface area contributed by atoms with E-state index in [-0.39, 0.29) is 11.4 Å². The number of nitrogens with zero attached hydrogens (tertiary/aromatic N) is 4. The molecule has 1 aromatic carbocycles. The molecular formula is C30H43BrN4O7S. The zero-order valence-electron chi connectivity index (χ0n) is 25.3. The molecule has 1 amide bonds. The van der Waals surface area contributed by atoms with Gasteiger partial charge < -0.3 is 20.1 Å². The summed E-state index contributed by atoms with van der Waals surface area (Å²) in [5.41, 5.74) is 4.11. The van der Waals surface area contributed by atoms with E-state index in [0.29, 0.717) is 36.9 Å². The van der Waals surface area contributed by atoms with Crippen molar-refractivity contribution in [1.29, 1.82) is 0 Å². The van der Waals surface area contributed by atoms with Crippen LogP contribution in [0.3, 0.4) is 0 Å². The Bertz CT molecular complexity index is 1370. The van der Waals surface area contributed by atoms with E-state index in [2.05, 4.69) is 57.2 Å². The highest BCUT2D eigenvalue weighted by atomic mass is 79.9. The number of likely N-dealkylation sites (tertiary alicyclic amines) is 2. The van der Waals surface area contributed by atoms with Gasteiger partial charge in [0.25, 0.3) is 16.0 Å². The maximum absolute atomic E-state index is 13.3. The molecule has 0 unspecified atom stereocenters. The molecule has 2 N–H and O–H groups in total. The van der Waals surface area contributed by atoms with Crippen LogP contribution in [-0.2, 0) is 15.0 Å². The molecule has 11 nitrogen and oxygen atoms in total. The fraction of sp³-hybridized carbons (Fsp3) is 0.567. The summed E-state index contributed by atoms with van der Waals surface area (Å²) in [5.74, 6) is -0.239. The summed E-state index contributed by atoms with van der Waals surface area (Å²) in [4.78, 5) is 23.3. The molecule has 2 fully saturated rings. The van der Waals surface area contributed by atoms with Crippen molar-refractivity contribution in [1.82, 2.24) is 9.80 Å². The number of benzene rings is 1. The number of amides is 1. The third-order valence-electron chi connectivity index (χ3n) is 8.31. The lowest BCUT2D eigenvalue weighted by Gasteiger charge is -2.49. The molecule has 0 aliphatic carbocycles. The fourth-order valence-electron chi connectivity index (χ4n) is 5.69. The number of rotatable bonds is 8. The zero-order valence-corrected chi connectivity index (χ0v) is 27.7. The predicted octanol–water partition coefficient (Wildman–Crippen LogP) is 3.71. The molecule has 0 atom stereocenters. The van der Waals surface area contributed by atoms with Crippen LogP contribution in [0.25, 0.3) is 0 Å². The van der Waals surface area contributed by atoms with Crippen LogP contribution in [0.2, 0.25) is 0 Å². The molecule has 2 aromatic rings. The Hall–Kier alpha value is -2.58. The van der Waals surface area contributed by atoms with Crippen molar-refractivity contribution >= 4 is 37.7 Å². The van der Waals surface area contributed by atoms with Crippen LogP contribution in [-0.4, -0.2) is 90.2 Å². The summed E-state index contributed by atoms with van der Waals surface area (Å²) < 4.78 is 28.9. The number of carbonyl (C=O) groups excluding carboxylic acids is 1. The highest BCUT2D eigenvalue weighted by Crippen LogP contribution is 2.34. The van der Waals surface area contributed by atoms with Crippen LogP contribution in [0.15, 0.2) is 46.2 Å². The van der Waals surface area contributed by atoms with Gasteiger partial charge in [0, 0.05) is 42.0 Å². The first-order valence-electron chi connectivity index (χ1n) is 14.5. The lowest BCUT2D eigenvalue weighted by molar-refractivity contribution is -0.612. The molecule has 0 saturated carbocycles.